The Morgan fingerprint density at radius 3 is 2.33 bits per heavy atom. The summed E-state index contributed by atoms with van der Waals surface area (Å²) in [6.07, 6.45) is 1.32. The summed E-state index contributed by atoms with van der Waals surface area (Å²) in [7, 11) is -2.28. The maximum atomic E-state index is 13.1. The number of hydrogen-bond donors (Lipinski definition) is 1. The number of rotatable bonds is 10. The van der Waals surface area contributed by atoms with Crippen molar-refractivity contribution in [3.63, 3.8) is 0 Å². The zero-order chi connectivity index (χ0) is 19.7. The van der Waals surface area contributed by atoms with E-state index < -0.39 is 10.0 Å². The summed E-state index contributed by atoms with van der Waals surface area (Å²) in [5.74, 6) is 0.271. The van der Waals surface area contributed by atoms with Crippen LogP contribution in [0.15, 0.2) is 59.5 Å². The van der Waals surface area contributed by atoms with Crippen molar-refractivity contribution in [2.24, 2.45) is 0 Å². The molecule has 0 aliphatic carbocycles. The van der Waals surface area contributed by atoms with E-state index in [0.717, 1.165) is 12.0 Å². The highest BCUT2D eigenvalue weighted by Gasteiger charge is 2.26. The largest absolute Gasteiger partial charge is 0.497 e. The van der Waals surface area contributed by atoms with Gasteiger partial charge in [-0.3, -0.25) is 4.79 Å². The second kappa shape index (κ2) is 10.1. The van der Waals surface area contributed by atoms with Crippen LogP contribution in [0.3, 0.4) is 0 Å². The fourth-order valence-corrected chi connectivity index (χ4v) is 3.96. The molecule has 0 saturated carbocycles. The predicted octanol–water partition coefficient (Wildman–Crippen LogP) is 2.45. The number of carbonyl (C=O) groups is 1. The first-order valence-electron chi connectivity index (χ1n) is 8.92. The standard InChI is InChI=1S/C20H26N2O4S/c1-3-14-21-20(23)16-22(15-13-17-7-5-4-6-8-17)27(24,25)19-11-9-18(26-2)10-12-19/h4-12H,3,13-16H2,1-2H3,(H,21,23). The molecular formula is C20H26N2O4S. The van der Waals surface area contributed by atoms with Gasteiger partial charge in [0.05, 0.1) is 18.6 Å². The number of carbonyl (C=O) groups excluding carboxylic acids is 1. The molecule has 0 atom stereocenters. The summed E-state index contributed by atoms with van der Waals surface area (Å²) in [6.45, 7) is 2.48. The summed E-state index contributed by atoms with van der Waals surface area (Å²) in [4.78, 5) is 12.3. The highest BCUT2D eigenvalue weighted by molar-refractivity contribution is 7.89. The lowest BCUT2D eigenvalue weighted by Gasteiger charge is -2.22. The van der Waals surface area contributed by atoms with Crippen molar-refractivity contribution in [1.82, 2.24) is 9.62 Å². The lowest BCUT2D eigenvalue weighted by molar-refractivity contribution is -0.121. The fraction of sp³-hybridized carbons (Fsp3) is 0.350. The molecule has 0 heterocycles. The molecule has 0 unspecified atom stereocenters. The van der Waals surface area contributed by atoms with Crippen LogP contribution in [0, 0.1) is 0 Å². The van der Waals surface area contributed by atoms with Gasteiger partial charge < -0.3 is 10.1 Å². The zero-order valence-corrected chi connectivity index (χ0v) is 16.5. The molecule has 1 amide bonds. The van der Waals surface area contributed by atoms with Gasteiger partial charge in [-0.15, -0.1) is 0 Å². The van der Waals surface area contributed by atoms with E-state index in [1.807, 2.05) is 37.3 Å². The molecule has 0 bridgehead atoms. The van der Waals surface area contributed by atoms with Gasteiger partial charge in [0.1, 0.15) is 5.75 Å². The van der Waals surface area contributed by atoms with E-state index in [1.54, 1.807) is 12.1 Å². The average molecular weight is 391 g/mol. The van der Waals surface area contributed by atoms with Gasteiger partial charge in [0.25, 0.3) is 0 Å². The first-order chi connectivity index (χ1) is 13.0. The van der Waals surface area contributed by atoms with Gasteiger partial charge in [-0.1, -0.05) is 37.3 Å². The molecule has 7 heteroatoms. The molecule has 0 aliphatic rings. The minimum Gasteiger partial charge on any atom is -0.497 e. The Morgan fingerprint density at radius 2 is 1.74 bits per heavy atom. The van der Waals surface area contributed by atoms with Gasteiger partial charge in [-0.05, 0) is 42.7 Å². The Balaban J connectivity index is 2.21. The smallest absolute Gasteiger partial charge is 0.243 e. The molecule has 146 valence electrons. The third-order valence-corrected chi connectivity index (χ3v) is 5.94. The van der Waals surface area contributed by atoms with Crippen LogP contribution in [0.5, 0.6) is 5.75 Å². The molecule has 0 saturated heterocycles. The minimum absolute atomic E-state index is 0.139. The Morgan fingerprint density at radius 1 is 1.07 bits per heavy atom. The van der Waals surface area contributed by atoms with Crippen LogP contribution in [-0.4, -0.2) is 45.4 Å². The maximum absolute atomic E-state index is 13.1. The Bertz CT molecular complexity index is 821. The van der Waals surface area contributed by atoms with E-state index in [4.69, 9.17) is 4.74 Å². The topological polar surface area (TPSA) is 75.7 Å². The first-order valence-corrected chi connectivity index (χ1v) is 10.4. The molecular weight excluding hydrogens is 364 g/mol. The number of ether oxygens (including phenoxy) is 1. The Labute approximate surface area is 161 Å². The van der Waals surface area contributed by atoms with Crippen molar-refractivity contribution in [1.29, 1.82) is 0 Å². The predicted molar refractivity (Wildman–Crippen MR) is 105 cm³/mol. The van der Waals surface area contributed by atoms with Crippen molar-refractivity contribution in [3.05, 3.63) is 60.2 Å². The molecule has 2 aromatic rings. The molecule has 1 N–H and O–H groups in total. The SMILES string of the molecule is CCCNC(=O)CN(CCc1ccccc1)S(=O)(=O)c1ccc(OC)cc1. The summed E-state index contributed by atoms with van der Waals surface area (Å²) in [5, 5.41) is 2.74. The van der Waals surface area contributed by atoms with Gasteiger partial charge in [0.2, 0.25) is 15.9 Å². The summed E-state index contributed by atoms with van der Waals surface area (Å²) in [6, 6.07) is 15.8. The molecule has 0 fully saturated rings. The van der Waals surface area contributed by atoms with Crippen LogP contribution in [0.1, 0.15) is 18.9 Å². The van der Waals surface area contributed by atoms with Crippen LogP contribution in [-0.2, 0) is 21.2 Å². The van der Waals surface area contributed by atoms with Gasteiger partial charge in [-0.25, -0.2) is 8.42 Å². The number of sulfonamides is 1. The highest BCUT2D eigenvalue weighted by Crippen LogP contribution is 2.20. The Hall–Kier alpha value is -2.38. The summed E-state index contributed by atoms with van der Waals surface area (Å²) >= 11 is 0. The average Bonchev–Trinajstić information content (AvgIpc) is 2.70. The molecule has 0 spiro atoms. The zero-order valence-electron chi connectivity index (χ0n) is 15.7. The third-order valence-electron chi connectivity index (χ3n) is 4.08. The van der Waals surface area contributed by atoms with E-state index in [9.17, 15) is 13.2 Å². The molecule has 27 heavy (non-hydrogen) atoms. The van der Waals surface area contributed by atoms with Crippen molar-refractivity contribution >= 4 is 15.9 Å². The van der Waals surface area contributed by atoms with Gasteiger partial charge in [-0.2, -0.15) is 4.31 Å². The summed E-state index contributed by atoms with van der Waals surface area (Å²) < 4.78 is 32.4. The van der Waals surface area contributed by atoms with Crippen molar-refractivity contribution in [2.45, 2.75) is 24.7 Å². The van der Waals surface area contributed by atoms with Crippen LogP contribution < -0.4 is 10.1 Å². The second-order valence-corrected chi connectivity index (χ2v) is 8.04. The van der Waals surface area contributed by atoms with Gasteiger partial charge in [0.15, 0.2) is 0 Å². The van der Waals surface area contributed by atoms with Crippen LogP contribution in [0.4, 0.5) is 0 Å². The number of methoxy groups -OCH3 is 1. The Kier molecular flexibility index (Phi) is 7.82. The molecule has 0 aliphatic heterocycles. The number of hydrogen-bond acceptors (Lipinski definition) is 4. The normalized spacial score (nSPS) is 11.4. The second-order valence-electron chi connectivity index (χ2n) is 6.10. The molecule has 0 aromatic heterocycles. The molecule has 2 rings (SSSR count). The van der Waals surface area contributed by atoms with Crippen LogP contribution >= 0.6 is 0 Å². The van der Waals surface area contributed by atoms with Crippen LogP contribution in [0.2, 0.25) is 0 Å². The number of nitrogens with zero attached hydrogens (tertiary/aromatic N) is 1. The van der Waals surface area contributed by atoms with E-state index in [-0.39, 0.29) is 23.9 Å². The van der Waals surface area contributed by atoms with E-state index >= 15 is 0 Å². The van der Waals surface area contributed by atoms with Gasteiger partial charge >= 0.3 is 0 Å². The fourth-order valence-electron chi connectivity index (χ4n) is 2.56. The van der Waals surface area contributed by atoms with Crippen molar-refractivity contribution in [3.8, 4) is 5.75 Å². The van der Waals surface area contributed by atoms with Crippen molar-refractivity contribution in [2.75, 3.05) is 26.7 Å². The molecule has 0 radical (unpaired) electrons. The minimum atomic E-state index is -3.80. The van der Waals surface area contributed by atoms with E-state index in [2.05, 4.69) is 5.32 Å². The molecule has 6 nitrogen and oxygen atoms in total. The maximum Gasteiger partial charge on any atom is 0.243 e. The number of benzene rings is 2. The quantitative estimate of drug-likeness (QED) is 0.676. The highest BCUT2D eigenvalue weighted by atomic mass is 32.2. The monoisotopic (exact) mass is 390 g/mol. The summed E-state index contributed by atoms with van der Waals surface area (Å²) in [5.41, 5.74) is 1.02. The van der Waals surface area contributed by atoms with Crippen molar-refractivity contribution < 1.29 is 17.9 Å². The third kappa shape index (κ3) is 6.08. The lowest BCUT2D eigenvalue weighted by atomic mass is 10.1. The van der Waals surface area contributed by atoms with E-state index in [1.165, 1.54) is 23.5 Å². The first kappa shape index (κ1) is 20.9. The number of amides is 1. The van der Waals surface area contributed by atoms with Gasteiger partial charge in [0, 0.05) is 13.1 Å². The number of nitrogens with one attached hydrogen (secondary N) is 1. The van der Waals surface area contributed by atoms with E-state index in [0.29, 0.717) is 18.7 Å². The van der Waals surface area contributed by atoms with Crippen LogP contribution in [0.25, 0.3) is 0 Å². The lowest BCUT2D eigenvalue weighted by Crippen LogP contribution is -2.41. The molecule has 2 aromatic carbocycles.